The first kappa shape index (κ1) is 15.6. The smallest absolute Gasteiger partial charge is 0.434 e. The topological polar surface area (TPSA) is 79.1 Å². The maximum absolute atomic E-state index is 11.3. The Hall–Kier alpha value is -1.36. The second kappa shape index (κ2) is 5.82. The van der Waals surface area contributed by atoms with Crippen molar-refractivity contribution in [1.82, 2.24) is 0 Å². The molecule has 0 heterocycles. The molecule has 0 rings (SSSR count). The van der Waals surface area contributed by atoms with E-state index in [9.17, 15) is 15.0 Å². The molecule has 0 aliphatic carbocycles. The van der Waals surface area contributed by atoms with Gasteiger partial charge in [0.1, 0.15) is 17.5 Å². The minimum absolute atomic E-state index is 0.0953. The molecule has 0 aliphatic heterocycles. The van der Waals surface area contributed by atoms with E-state index >= 15 is 0 Å². The van der Waals surface area contributed by atoms with Gasteiger partial charge in [-0.2, -0.15) is 4.99 Å². The highest BCUT2D eigenvalue weighted by atomic mass is 16.6. The highest BCUT2D eigenvalue weighted by molar-refractivity contribution is 5.96. The molecule has 0 radical (unpaired) electrons. The molecule has 0 aromatic carbocycles. The molecule has 0 bridgehead atoms. The lowest BCUT2D eigenvalue weighted by Gasteiger charge is -2.18. The highest BCUT2D eigenvalue weighted by Gasteiger charge is 2.19. The number of aliphatic hydroxyl groups excluding tert-OH is 2. The maximum Gasteiger partial charge on any atom is 0.434 e. The Morgan fingerprint density at radius 3 is 2.06 bits per heavy atom. The van der Waals surface area contributed by atoms with Crippen LogP contribution in [0.4, 0.5) is 4.79 Å². The fourth-order valence-electron chi connectivity index (χ4n) is 0.961. The van der Waals surface area contributed by atoms with Gasteiger partial charge >= 0.3 is 6.09 Å². The van der Waals surface area contributed by atoms with Gasteiger partial charge in [0.25, 0.3) is 0 Å². The van der Waals surface area contributed by atoms with Gasteiger partial charge in [-0.15, -0.1) is 0 Å². The molecule has 0 saturated heterocycles. The summed E-state index contributed by atoms with van der Waals surface area (Å²) in [5, 5.41) is 19.2. The number of carbonyl (C=O) groups excluding carboxylic acids is 1. The van der Waals surface area contributed by atoms with E-state index in [4.69, 9.17) is 4.74 Å². The van der Waals surface area contributed by atoms with E-state index < -0.39 is 17.8 Å². The molecule has 1 unspecified atom stereocenters. The molecule has 5 nitrogen and oxygen atoms in total. The van der Waals surface area contributed by atoms with Crippen LogP contribution in [0.5, 0.6) is 0 Å². The third kappa shape index (κ3) is 6.06. The van der Waals surface area contributed by atoms with Gasteiger partial charge in [-0.05, 0) is 47.1 Å². The van der Waals surface area contributed by atoms with E-state index in [0.29, 0.717) is 5.57 Å². The fraction of sp³-hybridized carbons (Fsp3) is 0.667. The third-order valence-electron chi connectivity index (χ3n) is 1.83. The summed E-state index contributed by atoms with van der Waals surface area (Å²) >= 11 is 0. The van der Waals surface area contributed by atoms with Crippen LogP contribution in [-0.4, -0.2) is 33.7 Å². The Balaban J connectivity index is 4.77. The van der Waals surface area contributed by atoms with Gasteiger partial charge in [0.05, 0.1) is 5.71 Å². The predicted octanol–water partition coefficient (Wildman–Crippen LogP) is 2.60. The molecule has 1 amide bonds. The van der Waals surface area contributed by atoms with Crippen LogP contribution in [0, 0.1) is 0 Å². The summed E-state index contributed by atoms with van der Waals surface area (Å²) in [4.78, 5) is 14.9. The van der Waals surface area contributed by atoms with Gasteiger partial charge < -0.3 is 14.9 Å². The van der Waals surface area contributed by atoms with E-state index in [-0.39, 0.29) is 11.5 Å². The molecule has 2 N–H and O–H groups in total. The Morgan fingerprint density at radius 1 is 1.24 bits per heavy atom. The average Bonchev–Trinajstić information content (AvgIpc) is 2.11. The van der Waals surface area contributed by atoms with E-state index in [0.717, 1.165) is 0 Å². The van der Waals surface area contributed by atoms with E-state index in [1.165, 1.54) is 6.92 Å². The predicted molar refractivity (Wildman–Crippen MR) is 66.4 cm³/mol. The molecule has 0 aromatic heterocycles. The number of rotatable bonds is 2. The van der Waals surface area contributed by atoms with Gasteiger partial charge in [0, 0.05) is 0 Å². The zero-order valence-corrected chi connectivity index (χ0v) is 11.2. The van der Waals surface area contributed by atoms with Crippen LogP contribution in [-0.2, 0) is 4.74 Å². The summed E-state index contributed by atoms with van der Waals surface area (Å²) in [6.07, 6.45) is -2.05. The van der Waals surface area contributed by atoms with Gasteiger partial charge in [-0.25, -0.2) is 4.79 Å². The Labute approximate surface area is 102 Å². The molecule has 0 fully saturated rings. The molecular formula is C12H21NO4. The second-order valence-corrected chi connectivity index (χ2v) is 5.02. The number of hydrogen-bond donors (Lipinski definition) is 2. The first-order valence-electron chi connectivity index (χ1n) is 5.37. The van der Waals surface area contributed by atoms with Crippen molar-refractivity contribution < 1.29 is 19.7 Å². The molecule has 17 heavy (non-hydrogen) atoms. The molecule has 5 heteroatoms. The summed E-state index contributed by atoms with van der Waals surface area (Å²) in [5.41, 5.74) is 0.0267. The third-order valence-corrected chi connectivity index (χ3v) is 1.83. The van der Waals surface area contributed by atoms with Crippen LogP contribution < -0.4 is 0 Å². The van der Waals surface area contributed by atoms with Crippen molar-refractivity contribution in [2.45, 2.75) is 53.2 Å². The summed E-state index contributed by atoms with van der Waals surface area (Å²) in [5.74, 6) is -0.199. The van der Waals surface area contributed by atoms with Crippen LogP contribution in [0.2, 0.25) is 0 Å². The average molecular weight is 243 g/mol. The van der Waals surface area contributed by atoms with Gasteiger partial charge in [-0.3, -0.25) is 0 Å². The number of allylic oxidation sites excluding steroid dienone is 1. The van der Waals surface area contributed by atoms with Gasteiger partial charge in [0.15, 0.2) is 0 Å². The summed E-state index contributed by atoms with van der Waals surface area (Å²) < 4.78 is 4.96. The molecular weight excluding hydrogens is 222 g/mol. The number of ether oxygens (including phenoxy) is 1. The monoisotopic (exact) mass is 243 g/mol. The Morgan fingerprint density at radius 2 is 1.71 bits per heavy atom. The Bertz CT molecular complexity index is 346. The SMILES string of the molecule is CC(C)=C(O)C(O)/C(C)=N/C(=O)OC(C)(C)C. The second-order valence-electron chi connectivity index (χ2n) is 5.02. The Kier molecular flexibility index (Phi) is 5.35. The van der Waals surface area contributed by atoms with Crippen LogP contribution in [0.3, 0.4) is 0 Å². The van der Waals surface area contributed by atoms with Crippen molar-refractivity contribution in [2.75, 3.05) is 0 Å². The first-order valence-corrected chi connectivity index (χ1v) is 5.37. The van der Waals surface area contributed by atoms with Crippen LogP contribution in [0.25, 0.3) is 0 Å². The van der Waals surface area contributed by atoms with Crippen molar-refractivity contribution in [2.24, 2.45) is 4.99 Å². The minimum Gasteiger partial charge on any atom is -0.509 e. The van der Waals surface area contributed by atoms with Crippen molar-refractivity contribution in [3.8, 4) is 0 Å². The van der Waals surface area contributed by atoms with E-state index in [2.05, 4.69) is 4.99 Å². The number of amides is 1. The summed E-state index contributed by atoms with van der Waals surface area (Å²) in [7, 11) is 0. The first-order chi connectivity index (χ1) is 7.54. The van der Waals surface area contributed by atoms with Crippen molar-refractivity contribution in [3.63, 3.8) is 0 Å². The van der Waals surface area contributed by atoms with Gasteiger partial charge in [-0.1, -0.05) is 0 Å². The van der Waals surface area contributed by atoms with Crippen LogP contribution in [0.15, 0.2) is 16.3 Å². The molecule has 0 spiro atoms. The zero-order chi connectivity index (χ0) is 13.8. The van der Waals surface area contributed by atoms with E-state index in [1.54, 1.807) is 34.6 Å². The van der Waals surface area contributed by atoms with Gasteiger partial charge in [0.2, 0.25) is 0 Å². The zero-order valence-electron chi connectivity index (χ0n) is 11.2. The van der Waals surface area contributed by atoms with Crippen molar-refractivity contribution >= 4 is 11.8 Å². The summed E-state index contributed by atoms with van der Waals surface area (Å²) in [6.45, 7) is 9.92. The number of carbonyl (C=O) groups is 1. The number of hydrogen-bond acceptors (Lipinski definition) is 4. The van der Waals surface area contributed by atoms with Crippen molar-refractivity contribution in [1.29, 1.82) is 0 Å². The lowest BCUT2D eigenvalue weighted by molar-refractivity contribution is 0.0601. The number of aliphatic hydroxyl groups is 2. The number of nitrogens with zero attached hydrogens (tertiary/aromatic N) is 1. The normalized spacial score (nSPS) is 14.2. The summed E-state index contributed by atoms with van der Waals surface area (Å²) in [6, 6.07) is 0. The number of aliphatic imine (C=N–C) groups is 1. The van der Waals surface area contributed by atoms with Crippen LogP contribution >= 0.6 is 0 Å². The lowest BCUT2D eigenvalue weighted by Crippen LogP contribution is -2.26. The minimum atomic E-state index is -1.27. The molecule has 0 aromatic rings. The lowest BCUT2D eigenvalue weighted by atomic mass is 10.1. The molecule has 0 saturated carbocycles. The maximum atomic E-state index is 11.3. The van der Waals surface area contributed by atoms with E-state index in [1.807, 2.05) is 0 Å². The molecule has 98 valence electrons. The molecule has 1 atom stereocenters. The van der Waals surface area contributed by atoms with Crippen molar-refractivity contribution in [3.05, 3.63) is 11.3 Å². The molecule has 0 aliphatic rings. The van der Waals surface area contributed by atoms with Crippen LogP contribution in [0.1, 0.15) is 41.5 Å². The highest BCUT2D eigenvalue weighted by Crippen LogP contribution is 2.10. The largest absolute Gasteiger partial charge is 0.509 e. The quantitative estimate of drug-likeness (QED) is 0.577. The fourth-order valence-corrected chi connectivity index (χ4v) is 0.961. The standard InChI is InChI=1S/C12H21NO4/c1-7(2)9(14)10(15)8(3)13-11(16)17-12(4,5)6/h10,14-15H,1-6H3/b13-8+.